The molecule has 0 aromatic heterocycles. The normalized spacial score (nSPS) is 17.5. The van der Waals surface area contributed by atoms with Crippen molar-refractivity contribution < 1.29 is 18.7 Å². The van der Waals surface area contributed by atoms with Crippen LogP contribution in [0.25, 0.3) is 6.08 Å². The predicted molar refractivity (Wildman–Crippen MR) is 81.1 cm³/mol. The van der Waals surface area contributed by atoms with Gasteiger partial charge in [-0.1, -0.05) is 19.6 Å². The van der Waals surface area contributed by atoms with Crippen LogP contribution in [0.15, 0.2) is 23.8 Å². The van der Waals surface area contributed by atoms with E-state index in [-0.39, 0.29) is 47.5 Å². The molecule has 0 saturated carbocycles. The Morgan fingerprint density at radius 2 is 2.32 bits per heavy atom. The molecule has 116 valence electrons. The SMILES string of the molecule is C=Cc1c(OCC(C)=O)ccc(C2=NNC(=O)CC2C)c1F. The minimum Gasteiger partial charge on any atom is -0.485 e. The van der Waals surface area contributed by atoms with E-state index in [9.17, 15) is 14.0 Å². The Morgan fingerprint density at radius 1 is 1.59 bits per heavy atom. The fourth-order valence-corrected chi connectivity index (χ4v) is 2.25. The maximum Gasteiger partial charge on any atom is 0.240 e. The van der Waals surface area contributed by atoms with Crippen molar-refractivity contribution in [1.82, 2.24) is 5.43 Å². The number of amides is 1. The number of hydrogen-bond donors (Lipinski definition) is 1. The molecule has 0 saturated heterocycles. The molecule has 0 bridgehead atoms. The molecule has 2 rings (SSSR count). The monoisotopic (exact) mass is 304 g/mol. The van der Waals surface area contributed by atoms with E-state index in [1.807, 2.05) is 6.92 Å². The lowest BCUT2D eigenvalue weighted by Gasteiger charge is -2.20. The lowest BCUT2D eigenvalue weighted by atomic mass is 9.92. The van der Waals surface area contributed by atoms with Crippen molar-refractivity contribution in [3.63, 3.8) is 0 Å². The highest BCUT2D eigenvalue weighted by molar-refractivity contribution is 6.06. The number of rotatable bonds is 5. The summed E-state index contributed by atoms with van der Waals surface area (Å²) in [7, 11) is 0. The molecular formula is C16H17FN2O3. The Hall–Kier alpha value is -2.50. The van der Waals surface area contributed by atoms with Crippen LogP contribution in [-0.2, 0) is 9.59 Å². The van der Waals surface area contributed by atoms with Crippen molar-refractivity contribution in [2.45, 2.75) is 20.3 Å². The van der Waals surface area contributed by atoms with Gasteiger partial charge in [0.15, 0.2) is 5.78 Å². The first-order chi connectivity index (χ1) is 10.4. The quantitative estimate of drug-likeness (QED) is 0.907. The Kier molecular flexibility index (Phi) is 4.70. The Balaban J connectivity index is 2.40. The Morgan fingerprint density at radius 3 is 2.91 bits per heavy atom. The summed E-state index contributed by atoms with van der Waals surface area (Å²) in [6, 6.07) is 3.11. The van der Waals surface area contributed by atoms with Crippen molar-refractivity contribution in [3.8, 4) is 5.75 Å². The van der Waals surface area contributed by atoms with Gasteiger partial charge in [0.05, 0.1) is 11.3 Å². The number of hydrazone groups is 1. The maximum atomic E-state index is 14.7. The van der Waals surface area contributed by atoms with Crippen molar-refractivity contribution in [1.29, 1.82) is 0 Å². The summed E-state index contributed by atoms with van der Waals surface area (Å²) in [5.41, 5.74) is 3.29. The number of carbonyl (C=O) groups is 2. The van der Waals surface area contributed by atoms with Gasteiger partial charge in [0.2, 0.25) is 5.91 Å². The second kappa shape index (κ2) is 6.51. The summed E-state index contributed by atoms with van der Waals surface area (Å²) in [6.07, 6.45) is 1.59. The first kappa shape index (κ1) is 15.9. The van der Waals surface area contributed by atoms with E-state index >= 15 is 0 Å². The molecule has 0 fully saturated rings. The van der Waals surface area contributed by atoms with Crippen molar-refractivity contribution in [3.05, 3.63) is 35.7 Å². The molecule has 1 aromatic carbocycles. The van der Waals surface area contributed by atoms with Crippen LogP contribution < -0.4 is 10.2 Å². The first-order valence-corrected chi connectivity index (χ1v) is 6.88. The summed E-state index contributed by atoms with van der Waals surface area (Å²) < 4.78 is 20.0. The molecule has 1 unspecified atom stereocenters. The molecule has 0 radical (unpaired) electrons. The number of hydrogen-bond acceptors (Lipinski definition) is 4. The average molecular weight is 304 g/mol. The second-order valence-electron chi connectivity index (χ2n) is 5.17. The number of nitrogens with zero attached hydrogens (tertiary/aromatic N) is 1. The van der Waals surface area contributed by atoms with Gasteiger partial charge in [0, 0.05) is 17.9 Å². The average Bonchev–Trinajstić information content (AvgIpc) is 2.46. The minimum absolute atomic E-state index is 0.132. The molecule has 1 atom stereocenters. The highest BCUT2D eigenvalue weighted by Gasteiger charge is 2.25. The number of halogens is 1. The maximum absolute atomic E-state index is 14.7. The van der Waals surface area contributed by atoms with Gasteiger partial charge >= 0.3 is 0 Å². The van der Waals surface area contributed by atoms with Crippen LogP contribution in [0.5, 0.6) is 5.75 Å². The smallest absolute Gasteiger partial charge is 0.240 e. The molecule has 1 heterocycles. The summed E-state index contributed by atoms with van der Waals surface area (Å²) in [6.45, 7) is 6.65. The molecule has 1 N–H and O–H groups in total. The highest BCUT2D eigenvalue weighted by Crippen LogP contribution is 2.28. The van der Waals surface area contributed by atoms with Gasteiger partial charge in [-0.3, -0.25) is 9.59 Å². The van der Waals surface area contributed by atoms with E-state index in [1.54, 1.807) is 6.07 Å². The van der Waals surface area contributed by atoms with Crippen LogP contribution in [0.2, 0.25) is 0 Å². The fraction of sp³-hybridized carbons (Fsp3) is 0.312. The van der Waals surface area contributed by atoms with Gasteiger partial charge < -0.3 is 4.74 Å². The highest BCUT2D eigenvalue weighted by atomic mass is 19.1. The van der Waals surface area contributed by atoms with Gasteiger partial charge in [0.1, 0.15) is 18.2 Å². The molecule has 0 aliphatic carbocycles. The van der Waals surface area contributed by atoms with E-state index in [0.29, 0.717) is 5.71 Å². The number of carbonyl (C=O) groups excluding carboxylic acids is 2. The standard InChI is InChI=1S/C16H17FN2O3/c1-4-11-13(22-8-10(3)20)6-5-12(15(11)17)16-9(2)7-14(21)18-19-16/h4-6,9H,1,7-8H2,2-3H3,(H,18,21). The lowest BCUT2D eigenvalue weighted by molar-refractivity contribution is -0.122. The Labute approximate surface area is 127 Å². The molecule has 1 amide bonds. The summed E-state index contributed by atoms with van der Waals surface area (Å²) in [5.74, 6) is -0.822. The third-order valence-electron chi connectivity index (χ3n) is 3.31. The summed E-state index contributed by atoms with van der Waals surface area (Å²) in [5, 5.41) is 3.95. The number of Topliss-reactive ketones (excluding diaryl/α,β-unsaturated/α-hetero) is 1. The number of benzene rings is 1. The van der Waals surface area contributed by atoms with E-state index in [0.717, 1.165) is 0 Å². The zero-order valence-electron chi connectivity index (χ0n) is 12.5. The topological polar surface area (TPSA) is 67.8 Å². The largest absolute Gasteiger partial charge is 0.485 e. The Bertz CT molecular complexity index is 668. The number of ether oxygens (including phenoxy) is 1. The van der Waals surface area contributed by atoms with E-state index in [1.165, 1.54) is 19.1 Å². The zero-order valence-corrected chi connectivity index (χ0v) is 12.5. The van der Waals surface area contributed by atoms with Crippen LogP contribution in [0.1, 0.15) is 31.4 Å². The molecule has 1 aliphatic rings. The van der Waals surface area contributed by atoms with Crippen LogP contribution in [0, 0.1) is 11.7 Å². The predicted octanol–water partition coefficient (Wildman–Crippen LogP) is 2.30. The van der Waals surface area contributed by atoms with Crippen LogP contribution in [0.4, 0.5) is 4.39 Å². The number of nitrogens with one attached hydrogen (secondary N) is 1. The third kappa shape index (κ3) is 3.21. The second-order valence-corrected chi connectivity index (χ2v) is 5.17. The van der Waals surface area contributed by atoms with Crippen molar-refractivity contribution in [2.75, 3.05) is 6.61 Å². The molecule has 0 spiro atoms. The third-order valence-corrected chi connectivity index (χ3v) is 3.31. The minimum atomic E-state index is -0.530. The van der Waals surface area contributed by atoms with Crippen LogP contribution in [-0.4, -0.2) is 24.0 Å². The van der Waals surface area contributed by atoms with Gasteiger partial charge in [-0.2, -0.15) is 5.10 Å². The van der Waals surface area contributed by atoms with Gasteiger partial charge in [-0.15, -0.1) is 0 Å². The van der Waals surface area contributed by atoms with Crippen molar-refractivity contribution >= 4 is 23.5 Å². The van der Waals surface area contributed by atoms with E-state index < -0.39 is 5.82 Å². The van der Waals surface area contributed by atoms with E-state index in [2.05, 4.69) is 17.1 Å². The lowest BCUT2D eigenvalue weighted by Crippen LogP contribution is -2.32. The van der Waals surface area contributed by atoms with Gasteiger partial charge in [0.25, 0.3) is 0 Å². The number of ketones is 1. The molecular weight excluding hydrogens is 287 g/mol. The summed E-state index contributed by atoms with van der Waals surface area (Å²) in [4.78, 5) is 22.3. The van der Waals surface area contributed by atoms with Gasteiger partial charge in [-0.25, -0.2) is 9.82 Å². The van der Waals surface area contributed by atoms with Crippen LogP contribution in [0.3, 0.4) is 0 Å². The molecule has 1 aromatic rings. The van der Waals surface area contributed by atoms with E-state index in [4.69, 9.17) is 4.74 Å². The van der Waals surface area contributed by atoms with Crippen molar-refractivity contribution in [2.24, 2.45) is 11.0 Å². The molecule has 6 heteroatoms. The fourth-order valence-electron chi connectivity index (χ4n) is 2.25. The van der Waals surface area contributed by atoms with Gasteiger partial charge in [-0.05, 0) is 19.1 Å². The molecule has 1 aliphatic heterocycles. The zero-order chi connectivity index (χ0) is 16.3. The summed E-state index contributed by atoms with van der Waals surface area (Å²) >= 11 is 0. The van der Waals surface area contributed by atoms with Crippen LogP contribution >= 0.6 is 0 Å². The first-order valence-electron chi connectivity index (χ1n) is 6.88. The molecule has 22 heavy (non-hydrogen) atoms. The molecule has 5 nitrogen and oxygen atoms in total.